The van der Waals surface area contributed by atoms with Crippen LogP contribution in [0.3, 0.4) is 0 Å². The van der Waals surface area contributed by atoms with E-state index >= 15 is 0 Å². The molecule has 0 unspecified atom stereocenters. The zero-order valence-corrected chi connectivity index (χ0v) is 15.7. The molecule has 0 radical (unpaired) electrons. The molecule has 0 saturated carbocycles. The summed E-state index contributed by atoms with van der Waals surface area (Å²) in [7, 11) is 0. The molecule has 2 aromatic carbocycles. The Kier molecular flexibility index (Phi) is 4.73. The van der Waals surface area contributed by atoms with E-state index < -0.39 is 5.76 Å². The number of aliphatic hydroxyl groups is 1. The van der Waals surface area contributed by atoms with Crippen molar-refractivity contribution in [2.24, 2.45) is 0 Å². The summed E-state index contributed by atoms with van der Waals surface area (Å²) in [6.07, 6.45) is 1.50. The highest BCUT2D eigenvalue weighted by Crippen LogP contribution is 2.25. The lowest BCUT2D eigenvalue weighted by atomic mass is 10.1. The van der Waals surface area contributed by atoms with Crippen molar-refractivity contribution in [3.8, 4) is 0 Å². The molecule has 9 heteroatoms. The summed E-state index contributed by atoms with van der Waals surface area (Å²) in [6.45, 7) is 3.11. The summed E-state index contributed by atoms with van der Waals surface area (Å²) in [5.41, 5.74) is 3.79. The van der Waals surface area contributed by atoms with Crippen LogP contribution < -0.4 is 16.4 Å². The van der Waals surface area contributed by atoms with Crippen LogP contribution in [0.15, 0.2) is 45.7 Å². The van der Waals surface area contributed by atoms with Crippen molar-refractivity contribution in [1.29, 1.82) is 0 Å². The number of nitrogens with zero attached hydrogens (tertiary/aromatic N) is 2. The fourth-order valence-electron chi connectivity index (χ4n) is 3.00. The Hall–Kier alpha value is -3.72. The summed E-state index contributed by atoms with van der Waals surface area (Å²) < 4.78 is 18.8. The second-order valence-electron chi connectivity index (χ2n) is 6.63. The van der Waals surface area contributed by atoms with Crippen molar-refractivity contribution in [2.45, 2.75) is 20.5 Å². The van der Waals surface area contributed by atoms with Crippen LogP contribution >= 0.6 is 0 Å². The van der Waals surface area contributed by atoms with Gasteiger partial charge in [0.05, 0.1) is 12.1 Å². The maximum absolute atomic E-state index is 13.8. The minimum absolute atomic E-state index is 0.248. The Morgan fingerprint density at radius 2 is 1.90 bits per heavy atom. The SMILES string of the molecule is Cc1cc(Nc2ncc(CO)c(Nc3ccc4oc(=O)[nH]c4c3)n2)cc(C)c1F. The van der Waals surface area contributed by atoms with Crippen molar-refractivity contribution < 1.29 is 13.9 Å². The molecule has 0 spiro atoms. The zero-order chi connectivity index (χ0) is 20.5. The van der Waals surface area contributed by atoms with Crippen LogP contribution in [0, 0.1) is 19.7 Å². The average molecular weight is 395 g/mol. The topological polar surface area (TPSA) is 116 Å². The fourth-order valence-corrected chi connectivity index (χ4v) is 3.00. The number of halogens is 1. The number of aryl methyl sites for hydroxylation is 2. The molecule has 0 fully saturated rings. The van der Waals surface area contributed by atoms with E-state index in [1.54, 1.807) is 44.2 Å². The molecular formula is C20H18FN5O3. The summed E-state index contributed by atoms with van der Waals surface area (Å²) in [6, 6.07) is 8.41. The molecule has 0 aliphatic rings. The van der Waals surface area contributed by atoms with Gasteiger partial charge >= 0.3 is 5.76 Å². The van der Waals surface area contributed by atoms with Gasteiger partial charge in [0.15, 0.2) is 5.58 Å². The molecule has 8 nitrogen and oxygen atoms in total. The first-order chi connectivity index (χ1) is 13.9. The van der Waals surface area contributed by atoms with Gasteiger partial charge in [-0.1, -0.05) is 0 Å². The van der Waals surface area contributed by atoms with E-state index in [9.17, 15) is 14.3 Å². The number of aromatic amines is 1. The Balaban J connectivity index is 1.64. The first-order valence-electron chi connectivity index (χ1n) is 8.83. The van der Waals surface area contributed by atoms with Gasteiger partial charge in [0.2, 0.25) is 5.95 Å². The second-order valence-corrected chi connectivity index (χ2v) is 6.63. The Morgan fingerprint density at radius 1 is 1.14 bits per heavy atom. The molecular weight excluding hydrogens is 377 g/mol. The number of rotatable bonds is 5. The highest BCUT2D eigenvalue weighted by Gasteiger charge is 2.10. The summed E-state index contributed by atoms with van der Waals surface area (Å²) >= 11 is 0. The molecule has 0 saturated heterocycles. The van der Waals surface area contributed by atoms with E-state index in [4.69, 9.17) is 4.42 Å². The monoisotopic (exact) mass is 395 g/mol. The lowest BCUT2D eigenvalue weighted by Gasteiger charge is -2.13. The highest BCUT2D eigenvalue weighted by atomic mass is 19.1. The maximum Gasteiger partial charge on any atom is 0.417 e. The first-order valence-corrected chi connectivity index (χ1v) is 8.83. The smallest absolute Gasteiger partial charge is 0.408 e. The van der Waals surface area contributed by atoms with Crippen LogP contribution in [-0.2, 0) is 6.61 Å². The predicted molar refractivity (Wildman–Crippen MR) is 107 cm³/mol. The number of anilines is 4. The van der Waals surface area contributed by atoms with E-state index in [1.165, 1.54) is 6.20 Å². The van der Waals surface area contributed by atoms with E-state index in [0.717, 1.165) is 0 Å². The molecule has 2 heterocycles. The second kappa shape index (κ2) is 7.36. The summed E-state index contributed by atoms with van der Waals surface area (Å²) in [5.74, 6) is -0.104. The third-order valence-electron chi connectivity index (χ3n) is 4.41. The van der Waals surface area contributed by atoms with Gasteiger partial charge in [-0.15, -0.1) is 0 Å². The van der Waals surface area contributed by atoms with E-state index in [1.807, 2.05) is 0 Å². The summed E-state index contributed by atoms with van der Waals surface area (Å²) in [4.78, 5) is 22.5. The molecule has 29 heavy (non-hydrogen) atoms. The van der Waals surface area contributed by atoms with Gasteiger partial charge in [0, 0.05) is 23.1 Å². The number of benzene rings is 2. The van der Waals surface area contributed by atoms with Gasteiger partial charge < -0.3 is 20.2 Å². The number of hydrogen-bond donors (Lipinski definition) is 4. The normalized spacial score (nSPS) is 11.0. The number of hydrogen-bond acceptors (Lipinski definition) is 7. The molecule has 0 atom stereocenters. The van der Waals surface area contributed by atoms with Gasteiger partial charge in [-0.2, -0.15) is 4.98 Å². The van der Waals surface area contributed by atoms with Gasteiger partial charge in [0.25, 0.3) is 0 Å². The van der Waals surface area contributed by atoms with Crippen LogP contribution in [0.5, 0.6) is 0 Å². The summed E-state index contributed by atoms with van der Waals surface area (Å²) in [5, 5.41) is 15.8. The van der Waals surface area contributed by atoms with Crippen molar-refractivity contribution >= 4 is 34.2 Å². The third-order valence-corrected chi connectivity index (χ3v) is 4.41. The van der Waals surface area contributed by atoms with Crippen molar-refractivity contribution in [1.82, 2.24) is 15.0 Å². The number of oxazole rings is 1. The highest BCUT2D eigenvalue weighted by molar-refractivity contribution is 5.78. The van der Waals surface area contributed by atoms with Crippen LogP contribution in [0.4, 0.5) is 27.5 Å². The van der Waals surface area contributed by atoms with Gasteiger partial charge in [-0.25, -0.2) is 14.2 Å². The number of aromatic nitrogens is 3. The van der Waals surface area contributed by atoms with Crippen molar-refractivity contribution in [3.05, 3.63) is 69.6 Å². The molecule has 0 aliphatic carbocycles. The van der Waals surface area contributed by atoms with E-state index in [2.05, 4.69) is 25.6 Å². The Morgan fingerprint density at radius 3 is 2.62 bits per heavy atom. The first kappa shape index (κ1) is 18.6. The molecule has 0 aliphatic heterocycles. The van der Waals surface area contributed by atoms with Crippen molar-refractivity contribution in [3.63, 3.8) is 0 Å². The minimum Gasteiger partial charge on any atom is -0.408 e. The predicted octanol–water partition coefficient (Wildman–Crippen LogP) is 3.65. The van der Waals surface area contributed by atoms with Gasteiger partial charge in [-0.3, -0.25) is 4.98 Å². The van der Waals surface area contributed by atoms with E-state index in [-0.39, 0.29) is 18.4 Å². The molecule has 4 rings (SSSR count). The molecule has 0 bridgehead atoms. The fraction of sp³-hybridized carbons (Fsp3) is 0.150. The number of nitrogens with one attached hydrogen (secondary N) is 3. The molecule has 148 valence electrons. The van der Waals surface area contributed by atoms with Crippen LogP contribution in [0.1, 0.15) is 16.7 Å². The lowest BCUT2D eigenvalue weighted by molar-refractivity contribution is 0.281. The third kappa shape index (κ3) is 3.81. The number of aliphatic hydroxyl groups excluding tert-OH is 1. The standard InChI is InChI=1S/C20H18FN5O3/c1-10-5-14(6-11(2)17(10)21)24-19-22-8-12(9-27)18(26-19)23-13-3-4-16-15(7-13)25-20(28)29-16/h3-8,27H,9H2,1-2H3,(H,25,28)(H2,22,23,24,26). The largest absolute Gasteiger partial charge is 0.417 e. The quantitative estimate of drug-likeness (QED) is 0.408. The molecule has 2 aromatic heterocycles. The van der Waals surface area contributed by atoms with E-state index in [0.29, 0.717) is 45.0 Å². The van der Waals surface area contributed by atoms with Crippen LogP contribution in [-0.4, -0.2) is 20.1 Å². The van der Waals surface area contributed by atoms with Crippen LogP contribution in [0.25, 0.3) is 11.1 Å². The average Bonchev–Trinajstić information content (AvgIpc) is 3.05. The molecule has 0 amide bonds. The number of H-pyrrole nitrogens is 1. The number of fused-ring (bicyclic) bond motifs is 1. The Labute approximate surface area is 164 Å². The van der Waals surface area contributed by atoms with Crippen LogP contribution in [0.2, 0.25) is 0 Å². The zero-order valence-electron chi connectivity index (χ0n) is 15.7. The van der Waals surface area contributed by atoms with Gasteiger partial charge in [0.1, 0.15) is 11.6 Å². The lowest BCUT2D eigenvalue weighted by Crippen LogP contribution is -2.05. The molecule has 4 aromatic rings. The maximum atomic E-state index is 13.8. The van der Waals surface area contributed by atoms with Crippen molar-refractivity contribution in [2.75, 3.05) is 10.6 Å². The Bertz CT molecular complexity index is 1240. The molecule has 4 N–H and O–H groups in total. The minimum atomic E-state index is -0.536. The van der Waals surface area contributed by atoms with Gasteiger partial charge in [-0.05, 0) is 55.3 Å².